The summed E-state index contributed by atoms with van der Waals surface area (Å²) >= 11 is 0. The average molecular weight is 164 g/mol. The molecule has 1 nitrogen and oxygen atoms in total. The van der Waals surface area contributed by atoms with Crippen molar-refractivity contribution in [3.8, 4) is 0 Å². The third-order valence-electron chi connectivity index (χ3n) is 1.57. The van der Waals surface area contributed by atoms with Gasteiger partial charge in [-0.3, -0.25) is 4.79 Å². The predicted molar refractivity (Wildman–Crippen MR) is 45.7 cm³/mol. The lowest BCUT2D eigenvalue weighted by Crippen LogP contribution is -1.98. The summed E-state index contributed by atoms with van der Waals surface area (Å²) < 4.78 is 12.9. The summed E-state index contributed by atoms with van der Waals surface area (Å²) in [7, 11) is 0. The number of aryl methyl sites for hydroxylation is 1. The minimum absolute atomic E-state index is 0.0880. The second-order valence-corrected chi connectivity index (χ2v) is 2.55. The average Bonchev–Trinajstić information content (AvgIpc) is 2.08. The number of carbonyl (C=O) groups is 1. The molecule has 0 aromatic heterocycles. The molecule has 0 aliphatic heterocycles. The molecule has 0 bridgehead atoms. The Morgan fingerprint density at radius 3 is 2.83 bits per heavy atom. The first-order valence-corrected chi connectivity index (χ1v) is 3.58. The van der Waals surface area contributed by atoms with Crippen molar-refractivity contribution in [2.75, 3.05) is 0 Å². The van der Waals surface area contributed by atoms with Crippen LogP contribution in [0.1, 0.15) is 15.9 Å². The number of hydrogen-bond donors (Lipinski definition) is 0. The van der Waals surface area contributed by atoms with Crippen molar-refractivity contribution in [1.82, 2.24) is 0 Å². The number of hydrogen-bond acceptors (Lipinski definition) is 1. The fourth-order valence-electron chi connectivity index (χ4n) is 0.938. The Bertz CT molecular complexity index is 329. The number of ketones is 1. The van der Waals surface area contributed by atoms with Gasteiger partial charge in [-0.1, -0.05) is 18.2 Å². The molecule has 0 saturated carbocycles. The molecule has 12 heavy (non-hydrogen) atoms. The topological polar surface area (TPSA) is 17.1 Å². The minimum atomic E-state index is -0.495. The molecule has 0 spiro atoms. The molecule has 0 heterocycles. The molecule has 0 saturated heterocycles. The zero-order valence-electron chi connectivity index (χ0n) is 6.80. The number of benzene rings is 1. The second-order valence-electron chi connectivity index (χ2n) is 2.55. The van der Waals surface area contributed by atoms with Crippen molar-refractivity contribution >= 4 is 5.78 Å². The summed E-state index contributed by atoms with van der Waals surface area (Å²) in [6.45, 7) is 5.10. The van der Waals surface area contributed by atoms with Gasteiger partial charge in [0.1, 0.15) is 5.82 Å². The molecule has 0 amide bonds. The largest absolute Gasteiger partial charge is 0.289 e. The first kappa shape index (κ1) is 8.65. The van der Waals surface area contributed by atoms with Crippen molar-refractivity contribution in [2.24, 2.45) is 0 Å². The summed E-state index contributed by atoms with van der Waals surface area (Å²) in [5.41, 5.74) is 0.951. The molecule has 0 aliphatic rings. The molecular formula is C10H9FO. The van der Waals surface area contributed by atoms with Gasteiger partial charge < -0.3 is 0 Å². The Morgan fingerprint density at radius 2 is 2.25 bits per heavy atom. The van der Waals surface area contributed by atoms with E-state index in [-0.39, 0.29) is 11.3 Å². The van der Waals surface area contributed by atoms with Gasteiger partial charge >= 0.3 is 0 Å². The Morgan fingerprint density at radius 1 is 1.58 bits per heavy atom. The maximum absolute atomic E-state index is 12.9. The fraction of sp³-hybridized carbons (Fsp3) is 0.100. The van der Waals surface area contributed by atoms with Crippen LogP contribution in [0, 0.1) is 12.7 Å². The zero-order valence-corrected chi connectivity index (χ0v) is 6.80. The maximum Gasteiger partial charge on any atom is 0.188 e. The van der Waals surface area contributed by atoms with E-state index in [0.717, 1.165) is 11.6 Å². The highest BCUT2D eigenvalue weighted by atomic mass is 19.1. The van der Waals surface area contributed by atoms with Crippen LogP contribution in [0.15, 0.2) is 30.9 Å². The van der Waals surface area contributed by atoms with Crippen molar-refractivity contribution in [1.29, 1.82) is 0 Å². The van der Waals surface area contributed by atoms with Gasteiger partial charge in [0.05, 0.1) is 5.56 Å². The fourth-order valence-corrected chi connectivity index (χ4v) is 0.938. The molecule has 0 fully saturated rings. The molecule has 0 atom stereocenters. The van der Waals surface area contributed by atoms with Crippen molar-refractivity contribution in [3.05, 3.63) is 47.8 Å². The van der Waals surface area contributed by atoms with E-state index in [0.29, 0.717) is 0 Å². The predicted octanol–water partition coefficient (Wildman–Crippen LogP) is 2.50. The second kappa shape index (κ2) is 3.30. The number of carbonyl (C=O) groups excluding carboxylic acids is 1. The van der Waals surface area contributed by atoms with E-state index in [2.05, 4.69) is 6.58 Å². The van der Waals surface area contributed by atoms with Crippen LogP contribution in [-0.4, -0.2) is 5.78 Å². The summed E-state index contributed by atoms with van der Waals surface area (Å²) in [4.78, 5) is 11.0. The smallest absolute Gasteiger partial charge is 0.188 e. The minimum Gasteiger partial charge on any atom is -0.289 e. The highest BCUT2D eigenvalue weighted by molar-refractivity contribution is 6.04. The lowest BCUT2D eigenvalue weighted by atomic mass is 10.1. The van der Waals surface area contributed by atoms with E-state index in [1.165, 1.54) is 12.1 Å². The highest BCUT2D eigenvalue weighted by Gasteiger charge is 2.07. The molecule has 0 radical (unpaired) electrons. The Kier molecular flexibility index (Phi) is 2.38. The molecule has 1 rings (SSSR count). The summed E-state index contributed by atoms with van der Waals surface area (Å²) in [6, 6.07) is 4.42. The first-order chi connectivity index (χ1) is 5.65. The van der Waals surface area contributed by atoms with Gasteiger partial charge in [-0.15, -0.1) is 0 Å². The van der Waals surface area contributed by atoms with Gasteiger partial charge in [-0.2, -0.15) is 0 Å². The van der Waals surface area contributed by atoms with Crippen LogP contribution in [0.3, 0.4) is 0 Å². The molecule has 1 aromatic rings. The third-order valence-corrected chi connectivity index (χ3v) is 1.57. The van der Waals surface area contributed by atoms with E-state index in [1.807, 2.05) is 0 Å². The van der Waals surface area contributed by atoms with Crippen molar-refractivity contribution < 1.29 is 9.18 Å². The van der Waals surface area contributed by atoms with Crippen molar-refractivity contribution in [2.45, 2.75) is 6.92 Å². The summed E-state index contributed by atoms with van der Waals surface area (Å²) in [5, 5.41) is 0. The normalized spacial score (nSPS) is 9.50. The van der Waals surface area contributed by atoms with E-state index < -0.39 is 5.82 Å². The van der Waals surface area contributed by atoms with E-state index >= 15 is 0 Å². The first-order valence-electron chi connectivity index (χ1n) is 3.58. The molecule has 1 aromatic carbocycles. The van der Waals surface area contributed by atoms with Gasteiger partial charge in [0, 0.05) is 0 Å². The number of allylic oxidation sites excluding steroid dienone is 1. The van der Waals surface area contributed by atoms with Gasteiger partial charge in [-0.25, -0.2) is 4.39 Å². The standard InChI is InChI=1S/C10H9FO/c1-3-10(12)8-6-7(2)4-5-9(8)11/h3-6H,1H2,2H3. The highest BCUT2D eigenvalue weighted by Crippen LogP contribution is 2.10. The van der Waals surface area contributed by atoms with Gasteiger partial charge in [0.15, 0.2) is 5.78 Å². The number of halogens is 1. The molecule has 0 aliphatic carbocycles. The molecule has 0 unspecified atom stereocenters. The van der Waals surface area contributed by atoms with Crippen LogP contribution in [0.25, 0.3) is 0 Å². The Labute approximate surface area is 70.5 Å². The van der Waals surface area contributed by atoms with Crippen LogP contribution in [0.4, 0.5) is 4.39 Å². The molecule has 2 heteroatoms. The van der Waals surface area contributed by atoms with Gasteiger partial charge in [0.25, 0.3) is 0 Å². The number of rotatable bonds is 2. The lowest BCUT2D eigenvalue weighted by molar-refractivity contribution is 0.104. The lowest BCUT2D eigenvalue weighted by Gasteiger charge is -1.99. The van der Waals surface area contributed by atoms with Crippen LogP contribution >= 0.6 is 0 Å². The maximum atomic E-state index is 12.9. The Balaban J connectivity index is 3.22. The van der Waals surface area contributed by atoms with E-state index in [9.17, 15) is 9.18 Å². The summed E-state index contributed by atoms with van der Waals surface area (Å²) in [6.07, 6.45) is 1.11. The Hall–Kier alpha value is -1.44. The van der Waals surface area contributed by atoms with Crippen LogP contribution < -0.4 is 0 Å². The van der Waals surface area contributed by atoms with Crippen LogP contribution in [-0.2, 0) is 0 Å². The monoisotopic (exact) mass is 164 g/mol. The van der Waals surface area contributed by atoms with Gasteiger partial charge in [-0.05, 0) is 25.1 Å². The van der Waals surface area contributed by atoms with Crippen LogP contribution in [0.2, 0.25) is 0 Å². The van der Waals surface area contributed by atoms with Crippen LogP contribution in [0.5, 0.6) is 0 Å². The van der Waals surface area contributed by atoms with Gasteiger partial charge in [0.2, 0.25) is 0 Å². The summed E-state index contributed by atoms with van der Waals surface area (Å²) in [5.74, 6) is -0.873. The van der Waals surface area contributed by atoms with E-state index in [4.69, 9.17) is 0 Å². The quantitative estimate of drug-likeness (QED) is 0.484. The molecule has 0 N–H and O–H groups in total. The SMILES string of the molecule is C=CC(=O)c1cc(C)ccc1F. The molecule has 62 valence electrons. The van der Waals surface area contributed by atoms with E-state index in [1.54, 1.807) is 13.0 Å². The third kappa shape index (κ3) is 1.59. The molecular weight excluding hydrogens is 155 g/mol. The zero-order chi connectivity index (χ0) is 9.14. The van der Waals surface area contributed by atoms with Crippen molar-refractivity contribution in [3.63, 3.8) is 0 Å².